The number of benzene rings is 1. The summed E-state index contributed by atoms with van der Waals surface area (Å²) >= 11 is 0. The maximum atomic E-state index is 14.7. The van der Waals surface area contributed by atoms with E-state index in [0.29, 0.717) is 38.8 Å². The van der Waals surface area contributed by atoms with Crippen LogP contribution in [0.15, 0.2) is 36.9 Å². The molecule has 16 heteroatoms. The Kier molecular flexibility index (Phi) is 15.2. The lowest BCUT2D eigenvalue weighted by Gasteiger charge is -2.41. The number of hydrogen-bond acceptors (Lipinski definition) is 9. The molecule has 1 saturated carbocycles. The highest BCUT2D eigenvalue weighted by molar-refractivity contribution is 7.92. The van der Waals surface area contributed by atoms with Crippen molar-refractivity contribution in [3.8, 4) is 0 Å². The summed E-state index contributed by atoms with van der Waals surface area (Å²) in [6, 6.07) is 3.47. The minimum absolute atomic E-state index is 0.0558. The number of nitrogens with one attached hydrogen (secondary N) is 4. The third-order valence-corrected chi connectivity index (χ3v) is 14.1. The first kappa shape index (κ1) is 46.2. The van der Waals surface area contributed by atoms with Crippen LogP contribution in [0.25, 0.3) is 0 Å². The predicted molar refractivity (Wildman–Crippen MR) is 220 cm³/mol. The second kappa shape index (κ2) is 19.1. The van der Waals surface area contributed by atoms with E-state index in [-0.39, 0.29) is 31.7 Å². The zero-order chi connectivity index (χ0) is 43.1. The van der Waals surface area contributed by atoms with Crippen LogP contribution in [0.3, 0.4) is 0 Å². The van der Waals surface area contributed by atoms with Gasteiger partial charge in [0.05, 0.1) is 28.6 Å². The fourth-order valence-electron chi connectivity index (χ4n) is 7.82. The summed E-state index contributed by atoms with van der Waals surface area (Å²) in [5.74, 6) is -3.33. The van der Waals surface area contributed by atoms with E-state index in [1.54, 1.807) is 53.4 Å². The molecule has 2 heterocycles. The van der Waals surface area contributed by atoms with Gasteiger partial charge in [0.25, 0.3) is 5.91 Å². The summed E-state index contributed by atoms with van der Waals surface area (Å²) in [6.07, 6.45) is 4.35. The van der Waals surface area contributed by atoms with E-state index < -0.39 is 85.4 Å². The van der Waals surface area contributed by atoms with Crippen LogP contribution >= 0.6 is 0 Å². The van der Waals surface area contributed by atoms with E-state index in [4.69, 9.17) is 4.74 Å². The molecule has 2 fully saturated rings. The zero-order valence-corrected chi connectivity index (χ0v) is 36.1. The Balaban J connectivity index is 1.60. The smallest absolute Gasteiger partial charge is 0.410 e. The number of nitrogens with zero attached hydrogens (tertiary/aromatic N) is 2. The van der Waals surface area contributed by atoms with Crippen LogP contribution in [0.5, 0.6) is 0 Å². The summed E-state index contributed by atoms with van der Waals surface area (Å²) in [7, 11) is -3.63. The maximum Gasteiger partial charge on any atom is 0.410 e. The van der Waals surface area contributed by atoms with Crippen molar-refractivity contribution in [2.75, 3.05) is 25.4 Å². The van der Waals surface area contributed by atoms with Gasteiger partial charge < -0.3 is 35.8 Å². The molecule has 15 nitrogen and oxygen atoms in total. The quantitative estimate of drug-likeness (QED) is 0.159. The number of rotatable bonds is 14. The number of carbonyl (C=O) groups is 6. The van der Waals surface area contributed by atoms with Crippen molar-refractivity contribution in [2.24, 2.45) is 5.41 Å². The number of Topliss-reactive ketones (excluding diaryl/α,β-unsaturated/α-hetero) is 1. The Morgan fingerprint density at radius 2 is 1.64 bits per heavy atom. The van der Waals surface area contributed by atoms with Gasteiger partial charge in [-0.2, -0.15) is 0 Å². The normalized spacial score (nSPS) is 20.5. The van der Waals surface area contributed by atoms with E-state index >= 15 is 0 Å². The van der Waals surface area contributed by atoms with Gasteiger partial charge in [-0.05, 0) is 63.0 Å². The summed E-state index contributed by atoms with van der Waals surface area (Å²) in [5.41, 5.74) is 0.193. The molecular formula is C42H64N6O9S. The van der Waals surface area contributed by atoms with Gasteiger partial charge in [-0.25, -0.2) is 18.0 Å². The predicted octanol–water partition coefficient (Wildman–Crippen LogP) is 3.94. The molecule has 58 heavy (non-hydrogen) atoms. The highest BCUT2D eigenvalue weighted by Gasteiger charge is 2.48. The third kappa shape index (κ3) is 11.6. The molecule has 1 aromatic carbocycles. The average Bonchev–Trinajstić information content (AvgIpc) is 3.58. The van der Waals surface area contributed by atoms with Crippen molar-refractivity contribution in [3.63, 3.8) is 0 Å². The molecule has 0 radical (unpaired) electrons. The molecule has 3 aliphatic rings. The van der Waals surface area contributed by atoms with Gasteiger partial charge in [-0.3, -0.25) is 19.2 Å². The maximum absolute atomic E-state index is 14.7. The molecule has 2 unspecified atom stereocenters. The SMILES string of the molecule is C=CCNC(=O)C(=O)C(CCC)NC(=O)[C@@H]1CC(OC(=O)N2CCc3ccccc3C2)CN1C(=O)[C@@H](NC(=O)NC1(CS(=O)(=O)C(C)(C)C)CCCCC1)C(C)(C)C. The number of likely N-dealkylation sites (tertiary alicyclic amines) is 1. The number of carbonyl (C=O) groups excluding carboxylic acids is 6. The lowest BCUT2D eigenvalue weighted by Crippen LogP contribution is -2.63. The van der Waals surface area contributed by atoms with Gasteiger partial charge in [0.15, 0.2) is 9.84 Å². The van der Waals surface area contributed by atoms with Gasteiger partial charge in [-0.1, -0.05) is 83.7 Å². The highest BCUT2D eigenvalue weighted by Crippen LogP contribution is 2.33. The van der Waals surface area contributed by atoms with Crippen LogP contribution in [0.1, 0.15) is 111 Å². The van der Waals surface area contributed by atoms with Gasteiger partial charge in [0.2, 0.25) is 17.6 Å². The number of amides is 6. The standard InChI is InChI=1S/C42H64N6O9S/c1-9-16-31(33(49)36(51)43-22-10-2)44-35(50)32-24-30(57-39(54)47-23-19-28-17-12-13-18-29(28)25-47)26-48(32)37(52)34(40(3,4)5)45-38(53)46-42(20-14-11-15-21-42)27-58(55,56)41(6,7)8/h10,12-13,17-18,30-32,34H,2,9,11,14-16,19-27H2,1,3-8H3,(H,43,51)(H,44,50)(H2,45,46,53)/t30?,31?,32-,34+/m0/s1. The first-order chi connectivity index (χ1) is 27.1. The van der Waals surface area contributed by atoms with Crippen LogP contribution in [0.4, 0.5) is 9.59 Å². The van der Waals surface area contributed by atoms with Crippen molar-refractivity contribution in [3.05, 3.63) is 48.0 Å². The molecule has 4 atom stereocenters. The molecule has 0 spiro atoms. The number of ketones is 1. The number of ether oxygens (including phenoxy) is 1. The Hall–Kier alpha value is -4.47. The number of urea groups is 1. The fraction of sp³-hybridized carbons (Fsp3) is 0.667. The average molecular weight is 829 g/mol. The molecule has 4 rings (SSSR count). The van der Waals surface area contributed by atoms with Crippen molar-refractivity contribution in [2.45, 2.75) is 147 Å². The molecule has 0 bridgehead atoms. The van der Waals surface area contributed by atoms with Gasteiger partial charge >= 0.3 is 12.1 Å². The van der Waals surface area contributed by atoms with E-state index in [0.717, 1.165) is 30.4 Å². The van der Waals surface area contributed by atoms with E-state index in [2.05, 4.69) is 27.8 Å². The first-order valence-electron chi connectivity index (χ1n) is 20.5. The fourth-order valence-corrected chi connectivity index (χ4v) is 9.34. The Morgan fingerprint density at radius 3 is 2.24 bits per heavy atom. The Morgan fingerprint density at radius 1 is 0.983 bits per heavy atom. The summed E-state index contributed by atoms with van der Waals surface area (Å²) < 4.78 is 31.8. The third-order valence-electron chi connectivity index (χ3n) is 11.3. The Labute approximate surface area is 343 Å². The topological polar surface area (TPSA) is 200 Å². The van der Waals surface area contributed by atoms with Crippen molar-refractivity contribution in [1.82, 2.24) is 31.1 Å². The molecule has 1 aliphatic carbocycles. The second-order valence-corrected chi connectivity index (χ2v) is 20.8. The lowest BCUT2D eigenvalue weighted by atomic mass is 9.83. The Bertz CT molecular complexity index is 1810. The largest absolute Gasteiger partial charge is 0.444 e. The summed E-state index contributed by atoms with van der Waals surface area (Å²) in [6.45, 7) is 16.1. The molecule has 322 valence electrons. The molecule has 1 aromatic rings. The van der Waals surface area contributed by atoms with Gasteiger partial charge in [-0.15, -0.1) is 6.58 Å². The number of sulfone groups is 1. The van der Waals surface area contributed by atoms with Crippen molar-refractivity contribution in [1.29, 1.82) is 0 Å². The minimum atomic E-state index is -3.63. The van der Waals surface area contributed by atoms with E-state index in [1.165, 1.54) is 11.0 Å². The molecule has 1 saturated heterocycles. The summed E-state index contributed by atoms with van der Waals surface area (Å²) in [4.78, 5) is 85.0. The molecule has 4 N–H and O–H groups in total. The summed E-state index contributed by atoms with van der Waals surface area (Å²) in [5, 5.41) is 10.9. The van der Waals surface area contributed by atoms with Crippen LogP contribution in [0.2, 0.25) is 0 Å². The van der Waals surface area contributed by atoms with Gasteiger partial charge in [0, 0.05) is 26.1 Å². The van der Waals surface area contributed by atoms with Crippen LogP contribution in [-0.4, -0.2) is 114 Å². The van der Waals surface area contributed by atoms with E-state index in [1.807, 2.05) is 24.3 Å². The highest BCUT2D eigenvalue weighted by atomic mass is 32.2. The molecule has 2 aliphatic heterocycles. The number of hydrogen-bond donors (Lipinski definition) is 4. The first-order valence-corrected chi connectivity index (χ1v) is 22.1. The van der Waals surface area contributed by atoms with Crippen molar-refractivity contribution < 1.29 is 41.9 Å². The monoisotopic (exact) mass is 828 g/mol. The van der Waals surface area contributed by atoms with Crippen LogP contribution in [-0.2, 0) is 46.7 Å². The zero-order valence-electron chi connectivity index (χ0n) is 35.3. The number of fused-ring (bicyclic) bond motifs is 1. The molecule has 0 aromatic heterocycles. The van der Waals surface area contributed by atoms with Crippen LogP contribution in [0, 0.1) is 5.41 Å². The van der Waals surface area contributed by atoms with E-state index in [9.17, 15) is 37.2 Å². The van der Waals surface area contributed by atoms with Crippen molar-refractivity contribution >= 4 is 45.5 Å². The molecule has 6 amide bonds. The van der Waals surface area contributed by atoms with Crippen LogP contribution < -0.4 is 21.3 Å². The second-order valence-electron chi connectivity index (χ2n) is 18.0. The molecular weight excluding hydrogens is 765 g/mol. The van der Waals surface area contributed by atoms with Gasteiger partial charge in [0.1, 0.15) is 18.2 Å². The minimum Gasteiger partial charge on any atom is -0.444 e. The lowest BCUT2D eigenvalue weighted by molar-refractivity contribution is -0.143.